The summed E-state index contributed by atoms with van der Waals surface area (Å²) >= 11 is 3.30. The standard InChI is InChI=1S/C25H33N3O2S2.ClH/c1-6-27(7-2)15-16-28(22(29)14-17-31-20-11-8-18(3)9-12-20)25-26-23-21(30-5)13-10-19(4)24(23)32-25;/h8-13H,6-7,14-17H2,1-5H3;1H. The Kier molecular flexibility index (Phi) is 11.0. The highest BCUT2D eigenvalue weighted by atomic mass is 35.5. The number of benzene rings is 2. The van der Waals surface area contributed by atoms with Crippen molar-refractivity contribution in [2.45, 2.75) is 39.0 Å². The average molecular weight is 508 g/mol. The van der Waals surface area contributed by atoms with Crippen LogP contribution in [0, 0.1) is 13.8 Å². The second kappa shape index (κ2) is 13.2. The first-order valence-electron chi connectivity index (χ1n) is 11.1. The number of hydrogen-bond acceptors (Lipinski definition) is 6. The molecule has 0 unspecified atom stereocenters. The number of nitrogens with zero attached hydrogens (tertiary/aromatic N) is 3. The number of aryl methyl sites for hydroxylation is 2. The van der Waals surface area contributed by atoms with Crippen molar-refractivity contribution in [3.8, 4) is 5.75 Å². The van der Waals surface area contributed by atoms with Crippen LogP contribution in [0.5, 0.6) is 5.75 Å². The number of hydrogen-bond donors (Lipinski definition) is 0. The van der Waals surface area contributed by atoms with Crippen molar-refractivity contribution in [3.05, 3.63) is 47.5 Å². The maximum atomic E-state index is 13.3. The van der Waals surface area contributed by atoms with Crippen molar-refractivity contribution in [1.29, 1.82) is 0 Å². The van der Waals surface area contributed by atoms with Crippen LogP contribution in [0.1, 0.15) is 31.4 Å². The SMILES string of the molecule is CCN(CC)CCN(C(=O)CCSc1ccc(C)cc1)c1nc2c(OC)ccc(C)c2s1.Cl. The Balaban J connectivity index is 0.00000385. The van der Waals surface area contributed by atoms with Crippen LogP contribution in [0.3, 0.4) is 0 Å². The molecular weight excluding hydrogens is 474 g/mol. The number of ether oxygens (including phenoxy) is 1. The third kappa shape index (κ3) is 7.09. The molecule has 0 radical (unpaired) electrons. The lowest BCUT2D eigenvalue weighted by molar-refractivity contribution is -0.118. The Morgan fingerprint density at radius 2 is 1.76 bits per heavy atom. The van der Waals surface area contributed by atoms with Gasteiger partial charge < -0.3 is 9.64 Å². The van der Waals surface area contributed by atoms with Gasteiger partial charge in [-0.3, -0.25) is 9.69 Å². The molecule has 0 atom stereocenters. The lowest BCUT2D eigenvalue weighted by Gasteiger charge is -2.24. The van der Waals surface area contributed by atoms with Crippen molar-refractivity contribution < 1.29 is 9.53 Å². The van der Waals surface area contributed by atoms with Crippen molar-refractivity contribution >= 4 is 56.8 Å². The van der Waals surface area contributed by atoms with E-state index >= 15 is 0 Å². The Labute approximate surface area is 211 Å². The smallest absolute Gasteiger partial charge is 0.229 e. The first-order chi connectivity index (χ1) is 15.5. The molecule has 5 nitrogen and oxygen atoms in total. The van der Waals surface area contributed by atoms with E-state index in [1.165, 1.54) is 10.5 Å². The predicted molar refractivity (Wildman–Crippen MR) is 145 cm³/mol. The Morgan fingerprint density at radius 3 is 2.39 bits per heavy atom. The van der Waals surface area contributed by atoms with Crippen LogP contribution in [-0.2, 0) is 4.79 Å². The molecule has 0 saturated heterocycles. The number of rotatable bonds is 11. The van der Waals surface area contributed by atoms with E-state index in [1.807, 2.05) is 17.0 Å². The molecule has 0 aliphatic heterocycles. The quantitative estimate of drug-likeness (QED) is 0.289. The number of likely N-dealkylation sites (N-methyl/N-ethyl adjacent to an activating group) is 1. The number of amides is 1. The summed E-state index contributed by atoms with van der Waals surface area (Å²) in [6.07, 6.45) is 0.475. The molecule has 0 fully saturated rings. The van der Waals surface area contributed by atoms with Gasteiger partial charge in [0.05, 0.1) is 11.8 Å². The minimum Gasteiger partial charge on any atom is -0.494 e. The normalized spacial score (nSPS) is 11.0. The number of methoxy groups -OCH3 is 1. The number of thiazole rings is 1. The molecule has 8 heteroatoms. The molecule has 0 spiro atoms. The van der Waals surface area contributed by atoms with Gasteiger partial charge in [0.1, 0.15) is 11.3 Å². The maximum Gasteiger partial charge on any atom is 0.229 e. The molecule has 0 aliphatic rings. The molecule has 0 N–H and O–H groups in total. The zero-order valence-corrected chi connectivity index (χ0v) is 22.5. The van der Waals surface area contributed by atoms with Gasteiger partial charge >= 0.3 is 0 Å². The molecule has 1 amide bonds. The summed E-state index contributed by atoms with van der Waals surface area (Å²) in [5.74, 6) is 1.61. The first-order valence-corrected chi connectivity index (χ1v) is 12.9. The molecule has 1 aromatic heterocycles. The number of carbonyl (C=O) groups excluding carboxylic acids is 1. The van der Waals surface area contributed by atoms with Crippen LogP contribution in [-0.4, -0.2) is 54.8 Å². The fourth-order valence-corrected chi connectivity index (χ4v) is 5.45. The zero-order chi connectivity index (χ0) is 23.1. The summed E-state index contributed by atoms with van der Waals surface area (Å²) in [6, 6.07) is 12.4. The average Bonchev–Trinajstić information content (AvgIpc) is 3.24. The zero-order valence-electron chi connectivity index (χ0n) is 20.1. The molecule has 0 bridgehead atoms. The molecule has 0 saturated carbocycles. The van der Waals surface area contributed by atoms with Gasteiger partial charge in [-0.2, -0.15) is 0 Å². The van der Waals surface area contributed by atoms with E-state index in [9.17, 15) is 4.79 Å². The molecular formula is C25H34ClN3O2S2. The van der Waals surface area contributed by atoms with Gasteiger partial charge in [0.25, 0.3) is 0 Å². The minimum atomic E-state index is 0. The van der Waals surface area contributed by atoms with E-state index in [0.717, 1.165) is 52.0 Å². The van der Waals surface area contributed by atoms with Crippen molar-refractivity contribution in [1.82, 2.24) is 9.88 Å². The monoisotopic (exact) mass is 507 g/mol. The summed E-state index contributed by atoms with van der Waals surface area (Å²) < 4.78 is 6.60. The summed E-state index contributed by atoms with van der Waals surface area (Å²) in [4.78, 5) is 23.6. The topological polar surface area (TPSA) is 45.7 Å². The number of carbonyl (C=O) groups is 1. The van der Waals surface area contributed by atoms with Gasteiger partial charge in [-0.1, -0.05) is 48.9 Å². The highest BCUT2D eigenvalue weighted by Crippen LogP contribution is 2.36. The minimum absolute atomic E-state index is 0. The second-order valence-electron chi connectivity index (χ2n) is 7.74. The van der Waals surface area contributed by atoms with Crippen molar-refractivity contribution in [2.75, 3.05) is 43.9 Å². The van der Waals surface area contributed by atoms with Crippen molar-refractivity contribution in [3.63, 3.8) is 0 Å². The summed E-state index contributed by atoms with van der Waals surface area (Å²) in [7, 11) is 1.66. The van der Waals surface area contributed by atoms with Crippen LogP contribution >= 0.6 is 35.5 Å². The summed E-state index contributed by atoms with van der Waals surface area (Å²) in [6.45, 7) is 11.9. The maximum absolute atomic E-state index is 13.3. The van der Waals surface area contributed by atoms with E-state index in [0.29, 0.717) is 13.0 Å². The molecule has 1 heterocycles. The number of thioether (sulfide) groups is 1. The molecule has 0 aliphatic carbocycles. The van der Waals surface area contributed by atoms with E-state index in [1.54, 1.807) is 30.2 Å². The lowest BCUT2D eigenvalue weighted by Crippen LogP contribution is -2.39. The van der Waals surface area contributed by atoms with E-state index in [4.69, 9.17) is 9.72 Å². The Bertz CT molecular complexity index is 1040. The van der Waals surface area contributed by atoms with Gasteiger partial charge in [0.15, 0.2) is 5.13 Å². The number of anilines is 1. The van der Waals surface area contributed by atoms with Crippen LogP contribution in [0.4, 0.5) is 5.13 Å². The van der Waals surface area contributed by atoms with Crippen LogP contribution in [0.15, 0.2) is 41.3 Å². The summed E-state index contributed by atoms with van der Waals surface area (Å²) in [5, 5.41) is 0.755. The van der Waals surface area contributed by atoms with Crippen LogP contribution in [0.25, 0.3) is 10.2 Å². The third-order valence-electron chi connectivity index (χ3n) is 5.58. The predicted octanol–water partition coefficient (Wildman–Crippen LogP) is 6.20. The van der Waals surface area contributed by atoms with Gasteiger partial charge in [-0.25, -0.2) is 4.98 Å². The third-order valence-corrected chi connectivity index (χ3v) is 7.81. The highest BCUT2D eigenvalue weighted by Gasteiger charge is 2.22. The van der Waals surface area contributed by atoms with Gasteiger partial charge in [0, 0.05) is 30.2 Å². The molecule has 180 valence electrons. The van der Waals surface area contributed by atoms with E-state index < -0.39 is 0 Å². The van der Waals surface area contributed by atoms with E-state index in [-0.39, 0.29) is 18.3 Å². The fourth-order valence-electron chi connectivity index (χ4n) is 3.51. The summed E-state index contributed by atoms with van der Waals surface area (Å²) in [5.41, 5.74) is 3.23. The van der Waals surface area contributed by atoms with Gasteiger partial charge in [-0.05, 0) is 50.7 Å². The van der Waals surface area contributed by atoms with Gasteiger partial charge in [-0.15, -0.1) is 24.2 Å². The number of fused-ring (bicyclic) bond motifs is 1. The first kappa shape index (κ1) is 27.4. The van der Waals surface area contributed by atoms with Crippen LogP contribution < -0.4 is 9.64 Å². The molecule has 2 aromatic carbocycles. The largest absolute Gasteiger partial charge is 0.494 e. The van der Waals surface area contributed by atoms with Crippen LogP contribution in [0.2, 0.25) is 0 Å². The highest BCUT2D eigenvalue weighted by molar-refractivity contribution is 7.99. The second-order valence-corrected chi connectivity index (χ2v) is 9.89. The molecule has 3 rings (SSSR count). The Morgan fingerprint density at radius 1 is 1.06 bits per heavy atom. The number of aromatic nitrogens is 1. The van der Waals surface area contributed by atoms with E-state index in [2.05, 4.69) is 56.9 Å². The Hall–Kier alpha value is -1.80. The molecule has 3 aromatic rings. The number of halogens is 1. The van der Waals surface area contributed by atoms with Crippen molar-refractivity contribution in [2.24, 2.45) is 0 Å². The van der Waals surface area contributed by atoms with Gasteiger partial charge in [0.2, 0.25) is 5.91 Å². The molecule has 33 heavy (non-hydrogen) atoms. The fraction of sp³-hybridized carbons (Fsp3) is 0.440. The lowest BCUT2D eigenvalue weighted by atomic mass is 10.2.